The van der Waals surface area contributed by atoms with Gasteiger partial charge in [-0.1, -0.05) is 26.0 Å². The van der Waals surface area contributed by atoms with Gasteiger partial charge in [0.15, 0.2) is 0 Å². The van der Waals surface area contributed by atoms with E-state index < -0.39 is 0 Å². The largest absolute Gasteiger partial charge is 0.356 e. The van der Waals surface area contributed by atoms with Crippen molar-refractivity contribution in [3.05, 3.63) is 35.4 Å². The molecule has 1 aromatic carbocycles. The summed E-state index contributed by atoms with van der Waals surface area (Å²) in [6.07, 6.45) is 3.08. The van der Waals surface area contributed by atoms with Crippen molar-refractivity contribution in [2.45, 2.75) is 39.5 Å². The molecule has 2 aliphatic heterocycles. The number of carbonyl (C=O) groups is 3. The fourth-order valence-electron chi connectivity index (χ4n) is 4.08. The van der Waals surface area contributed by atoms with Gasteiger partial charge in [0.2, 0.25) is 5.91 Å². The molecule has 152 valence electrons. The number of piperidine rings is 1. The van der Waals surface area contributed by atoms with Gasteiger partial charge in [0.1, 0.15) is 0 Å². The lowest BCUT2D eigenvalue weighted by atomic mass is 9.96. The normalized spacial score (nSPS) is 18.0. The fraction of sp³-hybridized carbons (Fsp3) is 0.591. The highest BCUT2D eigenvalue weighted by Crippen LogP contribution is 2.22. The van der Waals surface area contributed by atoms with Crippen LogP contribution in [0, 0.1) is 11.8 Å². The molecular weight excluding hydrogens is 354 g/mol. The smallest absolute Gasteiger partial charge is 0.261 e. The van der Waals surface area contributed by atoms with Crippen LogP contribution in [0.3, 0.4) is 0 Å². The van der Waals surface area contributed by atoms with Gasteiger partial charge in [0.25, 0.3) is 11.8 Å². The third-order valence-corrected chi connectivity index (χ3v) is 5.58. The minimum absolute atomic E-state index is 0.00113. The van der Waals surface area contributed by atoms with Gasteiger partial charge in [-0.15, -0.1) is 0 Å². The van der Waals surface area contributed by atoms with Crippen LogP contribution in [-0.4, -0.2) is 60.2 Å². The van der Waals surface area contributed by atoms with Crippen molar-refractivity contribution >= 4 is 17.7 Å². The number of nitrogens with zero attached hydrogens (tertiary/aromatic N) is 2. The van der Waals surface area contributed by atoms with Gasteiger partial charge in [-0.3, -0.25) is 19.3 Å². The molecule has 0 atom stereocenters. The summed E-state index contributed by atoms with van der Waals surface area (Å²) in [5.41, 5.74) is 0.918. The van der Waals surface area contributed by atoms with Crippen LogP contribution in [0.5, 0.6) is 0 Å². The first-order valence-electron chi connectivity index (χ1n) is 10.4. The van der Waals surface area contributed by atoms with E-state index in [-0.39, 0.29) is 24.3 Å². The number of nitrogens with one attached hydrogen (secondary N) is 1. The fourth-order valence-corrected chi connectivity index (χ4v) is 4.08. The van der Waals surface area contributed by atoms with Crippen LogP contribution in [0.15, 0.2) is 24.3 Å². The molecule has 1 fully saturated rings. The number of hydrogen-bond donors (Lipinski definition) is 1. The van der Waals surface area contributed by atoms with Crippen LogP contribution < -0.4 is 5.32 Å². The second-order valence-corrected chi connectivity index (χ2v) is 8.35. The molecule has 3 rings (SSSR count). The molecule has 1 N–H and O–H groups in total. The van der Waals surface area contributed by atoms with Crippen molar-refractivity contribution < 1.29 is 14.4 Å². The zero-order valence-electron chi connectivity index (χ0n) is 16.9. The Morgan fingerprint density at radius 2 is 1.71 bits per heavy atom. The van der Waals surface area contributed by atoms with E-state index in [2.05, 4.69) is 24.1 Å². The lowest BCUT2D eigenvalue weighted by Gasteiger charge is -2.33. The number of carbonyl (C=O) groups excluding carboxylic acids is 3. The second kappa shape index (κ2) is 9.32. The van der Waals surface area contributed by atoms with Crippen molar-refractivity contribution in [2.24, 2.45) is 11.8 Å². The molecular formula is C22H31N3O3. The van der Waals surface area contributed by atoms with Gasteiger partial charge >= 0.3 is 0 Å². The Morgan fingerprint density at radius 3 is 2.29 bits per heavy atom. The van der Waals surface area contributed by atoms with Crippen LogP contribution in [0.25, 0.3) is 0 Å². The summed E-state index contributed by atoms with van der Waals surface area (Å²) in [6.45, 7) is 8.87. The SMILES string of the molecule is CC(C)CN1CCC(CNC(=O)CCCN2C(=O)c3ccccc3C2=O)CC1. The summed E-state index contributed by atoms with van der Waals surface area (Å²) < 4.78 is 0. The van der Waals surface area contributed by atoms with E-state index in [0.717, 1.165) is 39.0 Å². The standard InChI is InChI=1S/C22H31N3O3/c1-16(2)15-24-12-9-17(10-13-24)14-23-20(26)8-5-11-25-21(27)18-6-3-4-7-19(18)22(25)28/h3-4,6-7,16-17H,5,8-15H2,1-2H3,(H,23,26). The monoisotopic (exact) mass is 385 g/mol. The molecule has 0 aromatic heterocycles. The van der Waals surface area contributed by atoms with Crippen LogP contribution in [-0.2, 0) is 4.79 Å². The van der Waals surface area contributed by atoms with Crippen LogP contribution in [0.2, 0.25) is 0 Å². The minimum atomic E-state index is -0.255. The summed E-state index contributed by atoms with van der Waals surface area (Å²) in [6, 6.07) is 6.87. The third kappa shape index (κ3) is 4.98. The van der Waals surface area contributed by atoms with Gasteiger partial charge in [0, 0.05) is 26.1 Å². The highest BCUT2D eigenvalue weighted by Gasteiger charge is 2.34. The first-order valence-corrected chi connectivity index (χ1v) is 10.4. The third-order valence-electron chi connectivity index (χ3n) is 5.58. The average Bonchev–Trinajstić information content (AvgIpc) is 2.92. The van der Waals surface area contributed by atoms with E-state index in [4.69, 9.17) is 0 Å². The Bertz CT molecular complexity index is 688. The van der Waals surface area contributed by atoms with Gasteiger partial charge in [-0.05, 0) is 56.3 Å². The Hall–Kier alpha value is -2.21. The lowest BCUT2D eigenvalue weighted by molar-refractivity contribution is -0.121. The highest BCUT2D eigenvalue weighted by atomic mass is 16.2. The summed E-state index contributed by atoms with van der Waals surface area (Å²) in [5, 5.41) is 3.03. The molecule has 0 unspecified atom stereocenters. The molecule has 1 saturated heterocycles. The Labute approximate surface area is 167 Å². The quantitative estimate of drug-likeness (QED) is 0.698. The topological polar surface area (TPSA) is 69.7 Å². The molecule has 2 aliphatic rings. The van der Waals surface area contributed by atoms with Crippen molar-refractivity contribution in [3.63, 3.8) is 0 Å². The summed E-state index contributed by atoms with van der Waals surface area (Å²) in [5.74, 6) is 0.728. The molecule has 6 nitrogen and oxygen atoms in total. The molecule has 0 bridgehead atoms. The molecule has 3 amide bonds. The first kappa shape index (κ1) is 20.5. The zero-order chi connectivity index (χ0) is 20.1. The molecule has 0 saturated carbocycles. The maximum Gasteiger partial charge on any atom is 0.261 e. The zero-order valence-corrected chi connectivity index (χ0v) is 16.9. The number of rotatable bonds is 8. The molecule has 0 spiro atoms. The van der Waals surface area contributed by atoms with Crippen molar-refractivity contribution in [2.75, 3.05) is 32.7 Å². The average molecular weight is 386 g/mol. The maximum absolute atomic E-state index is 12.3. The number of imide groups is 1. The second-order valence-electron chi connectivity index (χ2n) is 8.35. The number of hydrogen-bond acceptors (Lipinski definition) is 4. The molecule has 2 heterocycles. The summed E-state index contributed by atoms with van der Waals surface area (Å²) >= 11 is 0. The number of benzene rings is 1. The Balaban J connectivity index is 1.34. The molecule has 6 heteroatoms. The van der Waals surface area contributed by atoms with E-state index in [1.165, 1.54) is 4.90 Å². The van der Waals surface area contributed by atoms with Crippen molar-refractivity contribution in [1.82, 2.24) is 15.1 Å². The van der Waals surface area contributed by atoms with Gasteiger partial charge in [-0.2, -0.15) is 0 Å². The molecule has 28 heavy (non-hydrogen) atoms. The number of likely N-dealkylation sites (tertiary alicyclic amines) is 1. The first-order chi connectivity index (χ1) is 13.5. The van der Waals surface area contributed by atoms with Crippen LogP contribution in [0.4, 0.5) is 0 Å². The molecule has 0 radical (unpaired) electrons. The van der Waals surface area contributed by atoms with Crippen LogP contribution in [0.1, 0.15) is 60.2 Å². The van der Waals surface area contributed by atoms with Crippen LogP contribution >= 0.6 is 0 Å². The molecule has 0 aliphatic carbocycles. The van der Waals surface area contributed by atoms with Crippen molar-refractivity contribution in [3.8, 4) is 0 Å². The Kier molecular flexibility index (Phi) is 6.83. The van der Waals surface area contributed by atoms with Gasteiger partial charge < -0.3 is 10.2 Å². The van der Waals surface area contributed by atoms with Crippen molar-refractivity contribution in [1.29, 1.82) is 0 Å². The predicted molar refractivity (Wildman–Crippen MR) is 108 cm³/mol. The maximum atomic E-state index is 12.3. The molecule has 1 aromatic rings. The van der Waals surface area contributed by atoms with E-state index in [9.17, 15) is 14.4 Å². The lowest BCUT2D eigenvalue weighted by Crippen LogP contribution is -2.40. The van der Waals surface area contributed by atoms with E-state index in [0.29, 0.717) is 35.8 Å². The number of fused-ring (bicyclic) bond motifs is 1. The number of amides is 3. The summed E-state index contributed by atoms with van der Waals surface area (Å²) in [4.78, 5) is 40.5. The summed E-state index contributed by atoms with van der Waals surface area (Å²) in [7, 11) is 0. The predicted octanol–water partition coefficient (Wildman–Crippen LogP) is 2.55. The Morgan fingerprint density at radius 1 is 1.11 bits per heavy atom. The minimum Gasteiger partial charge on any atom is -0.356 e. The van der Waals surface area contributed by atoms with E-state index >= 15 is 0 Å². The van der Waals surface area contributed by atoms with Gasteiger partial charge in [-0.25, -0.2) is 0 Å². The van der Waals surface area contributed by atoms with E-state index in [1.807, 2.05) is 0 Å². The highest BCUT2D eigenvalue weighted by molar-refractivity contribution is 6.21. The van der Waals surface area contributed by atoms with E-state index in [1.54, 1.807) is 24.3 Å². The van der Waals surface area contributed by atoms with Gasteiger partial charge in [0.05, 0.1) is 11.1 Å².